The fourth-order valence-corrected chi connectivity index (χ4v) is 7.98. The summed E-state index contributed by atoms with van der Waals surface area (Å²) in [6, 6.07) is 20.6. The van der Waals surface area contributed by atoms with Crippen molar-refractivity contribution in [2.75, 3.05) is 14.1 Å². The lowest BCUT2D eigenvalue weighted by molar-refractivity contribution is -0.127. The topological polar surface area (TPSA) is 110 Å². The zero-order valence-electron chi connectivity index (χ0n) is 27.6. The number of fused-ring (bicyclic) bond motifs is 1. The first-order chi connectivity index (χ1) is 23.3. The Morgan fingerprint density at radius 2 is 1.42 bits per heavy atom. The van der Waals surface area contributed by atoms with Gasteiger partial charge in [-0.05, 0) is 62.8 Å². The van der Waals surface area contributed by atoms with E-state index in [1.165, 1.54) is 21.4 Å². The summed E-state index contributed by atoms with van der Waals surface area (Å²) in [5.74, 6) is 0.401. The van der Waals surface area contributed by atoms with Crippen LogP contribution in [-0.2, 0) is 11.3 Å². The monoisotopic (exact) mass is 646 g/mol. The zero-order chi connectivity index (χ0) is 33.4. The molecule has 3 aliphatic rings. The molecule has 48 heavy (non-hydrogen) atoms. The first-order valence-corrected chi connectivity index (χ1v) is 17.2. The number of pyridine rings is 1. The van der Waals surface area contributed by atoms with Gasteiger partial charge < -0.3 is 4.90 Å². The Morgan fingerprint density at radius 1 is 0.792 bits per heavy atom. The van der Waals surface area contributed by atoms with Crippen molar-refractivity contribution in [2.24, 2.45) is 16.8 Å². The van der Waals surface area contributed by atoms with Crippen LogP contribution in [0.3, 0.4) is 0 Å². The summed E-state index contributed by atoms with van der Waals surface area (Å²) in [6.45, 7) is 0.521. The van der Waals surface area contributed by atoms with E-state index in [4.69, 9.17) is 4.99 Å². The first-order valence-electron chi connectivity index (χ1n) is 17.2. The Hall–Kier alpha value is -4.86. The predicted molar refractivity (Wildman–Crippen MR) is 186 cm³/mol. The van der Waals surface area contributed by atoms with Gasteiger partial charge in [0, 0.05) is 44.0 Å². The number of aliphatic imine (C=N–C) groups is 1. The molecule has 1 unspecified atom stereocenters. The van der Waals surface area contributed by atoms with Crippen molar-refractivity contribution in [1.29, 1.82) is 0 Å². The van der Waals surface area contributed by atoms with E-state index in [1.807, 2.05) is 60.7 Å². The highest BCUT2D eigenvalue weighted by Crippen LogP contribution is 2.36. The van der Waals surface area contributed by atoms with E-state index in [-0.39, 0.29) is 35.1 Å². The van der Waals surface area contributed by atoms with Gasteiger partial charge in [-0.1, -0.05) is 73.5 Å². The number of rotatable bonds is 8. The molecule has 10 heteroatoms. The van der Waals surface area contributed by atoms with E-state index in [1.54, 1.807) is 23.9 Å². The minimum absolute atomic E-state index is 0.170. The van der Waals surface area contributed by atoms with Gasteiger partial charge >= 0.3 is 11.7 Å². The van der Waals surface area contributed by atoms with Gasteiger partial charge in [-0.15, -0.1) is 0 Å². The summed E-state index contributed by atoms with van der Waals surface area (Å²) in [5.41, 5.74) is 2.80. The number of likely N-dealkylation sites (N-methyl/N-ethyl adjacent to an activating group) is 2. The first kappa shape index (κ1) is 31.7. The third-order valence-electron chi connectivity index (χ3n) is 10.7. The SMILES string of the molecule is CN1C(=O)C(CC2CCC(n3c(=O)c4c(N=C(c5ccccc5)c5ccccc5)ccnc4n(CC4CCCC4)c3=O)CC2)N(C)C1=O. The Bertz CT molecular complexity index is 1930. The molecule has 1 saturated heterocycles. The normalized spacial score (nSPS) is 21.8. The maximum absolute atomic E-state index is 14.6. The van der Waals surface area contributed by atoms with Crippen LogP contribution in [0, 0.1) is 11.8 Å². The number of urea groups is 1. The van der Waals surface area contributed by atoms with E-state index in [0.29, 0.717) is 48.4 Å². The smallest absolute Gasteiger partial charge is 0.315 e. The molecule has 248 valence electrons. The number of carbonyl (C=O) groups excluding carboxylic acids is 2. The molecule has 7 rings (SSSR count). The highest BCUT2D eigenvalue weighted by atomic mass is 16.2. The second-order valence-corrected chi connectivity index (χ2v) is 13.7. The number of aromatic nitrogens is 3. The maximum Gasteiger partial charge on any atom is 0.332 e. The van der Waals surface area contributed by atoms with Gasteiger partial charge in [0.15, 0.2) is 5.65 Å². The van der Waals surface area contributed by atoms with Crippen LogP contribution >= 0.6 is 0 Å². The van der Waals surface area contributed by atoms with E-state index >= 15 is 0 Å². The lowest BCUT2D eigenvalue weighted by Gasteiger charge is -2.31. The molecule has 3 heterocycles. The van der Waals surface area contributed by atoms with E-state index in [2.05, 4.69) is 4.98 Å². The Morgan fingerprint density at radius 3 is 2.00 bits per heavy atom. The molecule has 3 amide bonds. The second kappa shape index (κ2) is 13.3. The highest BCUT2D eigenvalue weighted by molar-refractivity contribution is 6.14. The summed E-state index contributed by atoms with van der Waals surface area (Å²) in [6.07, 6.45) is 9.42. The number of amides is 3. The van der Waals surface area contributed by atoms with Gasteiger partial charge in [0.05, 0.1) is 11.4 Å². The molecular weight excluding hydrogens is 604 g/mol. The van der Waals surface area contributed by atoms with Crippen LogP contribution in [0.5, 0.6) is 0 Å². The van der Waals surface area contributed by atoms with Gasteiger partial charge in [0.2, 0.25) is 0 Å². The Balaban J connectivity index is 1.30. The van der Waals surface area contributed by atoms with Crippen molar-refractivity contribution in [3.05, 3.63) is 105 Å². The molecule has 2 aromatic carbocycles. The molecule has 4 aromatic rings. The summed E-state index contributed by atoms with van der Waals surface area (Å²) in [7, 11) is 3.20. The third-order valence-corrected chi connectivity index (χ3v) is 10.7. The van der Waals surface area contributed by atoms with E-state index < -0.39 is 6.04 Å². The van der Waals surface area contributed by atoms with Crippen LogP contribution < -0.4 is 11.2 Å². The van der Waals surface area contributed by atoms with Crippen molar-refractivity contribution >= 4 is 34.4 Å². The molecule has 1 aliphatic heterocycles. The third kappa shape index (κ3) is 5.88. The molecule has 3 fully saturated rings. The van der Waals surface area contributed by atoms with Crippen molar-refractivity contribution in [3.8, 4) is 0 Å². The summed E-state index contributed by atoms with van der Waals surface area (Å²) in [5, 5.41) is 0.362. The molecule has 1 atom stereocenters. The highest BCUT2D eigenvalue weighted by Gasteiger charge is 2.42. The van der Waals surface area contributed by atoms with Crippen molar-refractivity contribution in [1.82, 2.24) is 23.9 Å². The zero-order valence-corrected chi connectivity index (χ0v) is 27.6. The van der Waals surface area contributed by atoms with E-state index in [9.17, 15) is 19.2 Å². The van der Waals surface area contributed by atoms with E-state index in [0.717, 1.165) is 55.4 Å². The number of nitrogens with zero attached hydrogens (tertiary/aromatic N) is 6. The standard InChI is InChI=1S/C38H42N6O4/c1-41-31(35(45)42(2)37(41)47)23-25-17-19-29(20-18-25)44-36(46)32-30(21-22-39-34(32)43(38(44)48)24-26-11-9-10-12-26)40-33(27-13-5-3-6-14-27)28-15-7-4-8-16-28/h3-8,13-16,21-22,25-26,29,31H,9-12,17-20,23-24H2,1-2H3. The average molecular weight is 647 g/mol. The van der Waals surface area contributed by atoms with Crippen LogP contribution in [0.15, 0.2) is 87.5 Å². The predicted octanol–water partition coefficient (Wildman–Crippen LogP) is 5.93. The minimum atomic E-state index is -0.467. The largest absolute Gasteiger partial charge is 0.332 e. The van der Waals surface area contributed by atoms with Crippen molar-refractivity contribution < 1.29 is 9.59 Å². The lowest BCUT2D eigenvalue weighted by atomic mass is 9.82. The number of imide groups is 1. The van der Waals surface area contributed by atoms with Gasteiger partial charge in [-0.3, -0.25) is 23.6 Å². The fraction of sp³-hybridized carbons (Fsp3) is 0.421. The number of benzene rings is 2. The molecule has 0 radical (unpaired) electrons. The molecule has 2 aliphatic carbocycles. The van der Waals surface area contributed by atoms with Crippen molar-refractivity contribution in [2.45, 2.75) is 76.4 Å². The number of hydrogen-bond donors (Lipinski definition) is 0. The summed E-state index contributed by atoms with van der Waals surface area (Å²) < 4.78 is 3.21. The lowest BCUT2D eigenvalue weighted by Crippen LogP contribution is -2.44. The van der Waals surface area contributed by atoms with Crippen molar-refractivity contribution in [3.63, 3.8) is 0 Å². The quantitative estimate of drug-likeness (QED) is 0.174. The van der Waals surface area contributed by atoms with Crippen LogP contribution in [0.1, 0.15) is 75.0 Å². The molecule has 0 bridgehead atoms. The Kier molecular flexibility index (Phi) is 8.81. The van der Waals surface area contributed by atoms with Crippen LogP contribution in [0.4, 0.5) is 10.5 Å². The molecule has 10 nitrogen and oxygen atoms in total. The molecular formula is C38H42N6O4. The maximum atomic E-state index is 14.6. The molecule has 0 spiro atoms. The van der Waals surface area contributed by atoms with Gasteiger partial charge in [-0.25, -0.2) is 19.6 Å². The second-order valence-electron chi connectivity index (χ2n) is 13.7. The molecule has 0 N–H and O–H groups in total. The van der Waals surface area contributed by atoms with Crippen LogP contribution in [0.2, 0.25) is 0 Å². The number of carbonyl (C=O) groups is 2. The van der Waals surface area contributed by atoms with Gasteiger partial charge in [0.25, 0.3) is 11.5 Å². The fourth-order valence-electron chi connectivity index (χ4n) is 7.98. The summed E-state index contributed by atoms with van der Waals surface area (Å²) >= 11 is 0. The average Bonchev–Trinajstić information content (AvgIpc) is 3.70. The number of hydrogen-bond acceptors (Lipinski definition) is 6. The van der Waals surface area contributed by atoms with Crippen LogP contribution in [-0.4, -0.2) is 61.7 Å². The summed E-state index contributed by atoms with van der Waals surface area (Å²) in [4.78, 5) is 66.5. The minimum Gasteiger partial charge on any atom is -0.315 e. The van der Waals surface area contributed by atoms with Crippen LogP contribution in [0.25, 0.3) is 11.0 Å². The molecule has 2 aromatic heterocycles. The van der Waals surface area contributed by atoms with Gasteiger partial charge in [0.1, 0.15) is 11.4 Å². The molecule has 2 saturated carbocycles. The van der Waals surface area contributed by atoms with Gasteiger partial charge in [-0.2, -0.15) is 0 Å². The Labute approximate surface area is 279 Å².